The summed E-state index contributed by atoms with van der Waals surface area (Å²) in [4.78, 5) is 23.0. The fourth-order valence-corrected chi connectivity index (χ4v) is 1.79. The van der Waals surface area contributed by atoms with E-state index in [0.29, 0.717) is 11.3 Å². The van der Waals surface area contributed by atoms with Gasteiger partial charge in [0.2, 0.25) is 0 Å². The Bertz CT molecular complexity index is 660. The van der Waals surface area contributed by atoms with Crippen LogP contribution in [0.3, 0.4) is 0 Å². The van der Waals surface area contributed by atoms with Gasteiger partial charge in [-0.1, -0.05) is 23.8 Å². The van der Waals surface area contributed by atoms with Crippen LogP contribution in [0.1, 0.15) is 31.8 Å². The summed E-state index contributed by atoms with van der Waals surface area (Å²) in [7, 11) is 0. The van der Waals surface area contributed by atoms with Gasteiger partial charge in [-0.3, -0.25) is 4.79 Å². The maximum absolute atomic E-state index is 12.1. The molecule has 0 atom stereocenters. The standard InChI is InChI=1S/C16H15NO3/c1-10-3-6-12(7-4-10)15(18)17-14-9-13(16(19)20)8-5-11(14)2/h3-9H,1-2H3,(H,17,18)(H,19,20). The summed E-state index contributed by atoms with van der Waals surface area (Å²) in [5.41, 5.74) is 3.09. The first kappa shape index (κ1) is 13.8. The molecule has 0 aliphatic rings. The largest absolute Gasteiger partial charge is 0.478 e. The Morgan fingerprint density at radius 1 is 0.950 bits per heavy atom. The third-order valence-corrected chi connectivity index (χ3v) is 3.05. The van der Waals surface area contributed by atoms with Crippen molar-refractivity contribution in [3.05, 3.63) is 64.7 Å². The van der Waals surface area contributed by atoms with Gasteiger partial charge in [0.15, 0.2) is 0 Å². The van der Waals surface area contributed by atoms with Crippen molar-refractivity contribution >= 4 is 17.6 Å². The lowest BCUT2D eigenvalue weighted by atomic mass is 10.1. The molecule has 0 saturated heterocycles. The second-order valence-electron chi connectivity index (χ2n) is 4.66. The van der Waals surface area contributed by atoms with E-state index in [4.69, 9.17) is 5.11 Å². The highest BCUT2D eigenvalue weighted by atomic mass is 16.4. The Morgan fingerprint density at radius 3 is 2.15 bits per heavy atom. The van der Waals surface area contributed by atoms with E-state index in [1.165, 1.54) is 12.1 Å². The van der Waals surface area contributed by atoms with Crippen LogP contribution >= 0.6 is 0 Å². The second kappa shape index (κ2) is 5.57. The van der Waals surface area contributed by atoms with Crippen LogP contribution in [0.2, 0.25) is 0 Å². The molecule has 2 N–H and O–H groups in total. The van der Waals surface area contributed by atoms with E-state index in [1.807, 2.05) is 26.0 Å². The maximum atomic E-state index is 12.1. The molecule has 0 spiro atoms. The van der Waals surface area contributed by atoms with Crippen LogP contribution in [0.25, 0.3) is 0 Å². The highest BCUT2D eigenvalue weighted by Crippen LogP contribution is 2.18. The van der Waals surface area contributed by atoms with Crippen LogP contribution in [0, 0.1) is 13.8 Å². The zero-order chi connectivity index (χ0) is 14.7. The topological polar surface area (TPSA) is 66.4 Å². The Balaban J connectivity index is 2.25. The number of nitrogens with one attached hydrogen (secondary N) is 1. The predicted octanol–water partition coefficient (Wildman–Crippen LogP) is 3.25. The minimum atomic E-state index is -1.02. The summed E-state index contributed by atoms with van der Waals surface area (Å²) in [6.07, 6.45) is 0. The number of hydrogen-bond donors (Lipinski definition) is 2. The Morgan fingerprint density at radius 2 is 1.55 bits per heavy atom. The number of carbonyl (C=O) groups excluding carboxylic acids is 1. The molecule has 2 aromatic rings. The van der Waals surface area contributed by atoms with Crippen molar-refractivity contribution in [1.82, 2.24) is 0 Å². The van der Waals surface area contributed by atoms with E-state index in [0.717, 1.165) is 11.1 Å². The van der Waals surface area contributed by atoms with Crippen LogP contribution in [0.15, 0.2) is 42.5 Å². The second-order valence-corrected chi connectivity index (χ2v) is 4.66. The van der Waals surface area contributed by atoms with Crippen molar-refractivity contribution in [2.75, 3.05) is 5.32 Å². The first-order valence-corrected chi connectivity index (χ1v) is 6.19. The van der Waals surface area contributed by atoms with Crippen molar-refractivity contribution in [1.29, 1.82) is 0 Å². The average molecular weight is 269 g/mol. The lowest BCUT2D eigenvalue weighted by molar-refractivity contribution is 0.0696. The number of anilines is 1. The van der Waals surface area contributed by atoms with Crippen LogP contribution < -0.4 is 5.32 Å². The number of aryl methyl sites for hydroxylation is 2. The van der Waals surface area contributed by atoms with Crippen LogP contribution in [0.5, 0.6) is 0 Å². The molecular formula is C16H15NO3. The van der Waals surface area contributed by atoms with Crippen molar-refractivity contribution in [3.8, 4) is 0 Å². The first-order valence-electron chi connectivity index (χ1n) is 6.19. The van der Waals surface area contributed by atoms with Crippen LogP contribution in [-0.2, 0) is 0 Å². The summed E-state index contributed by atoms with van der Waals surface area (Å²) >= 11 is 0. The molecule has 20 heavy (non-hydrogen) atoms. The molecule has 0 saturated carbocycles. The number of rotatable bonds is 3. The Hall–Kier alpha value is -2.62. The number of carbonyl (C=O) groups is 2. The number of carboxylic acids is 1. The summed E-state index contributed by atoms with van der Waals surface area (Å²) in [5.74, 6) is -1.27. The van der Waals surface area contributed by atoms with Gasteiger partial charge < -0.3 is 10.4 Å². The van der Waals surface area contributed by atoms with Crippen molar-refractivity contribution in [2.24, 2.45) is 0 Å². The molecular weight excluding hydrogens is 254 g/mol. The van der Waals surface area contributed by atoms with Gasteiger partial charge in [-0.15, -0.1) is 0 Å². The molecule has 0 bridgehead atoms. The number of hydrogen-bond acceptors (Lipinski definition) is 2. The van der Waals surface area contributed by atoms with Gasteiger partial charge in [-0.05, 0) is 43.7 Å². The Labute approximate surface area is 117 Å². The molecule has 0 heterocycles. The molecule has 0 aromatic heterocycles. The van der Waals surface area contributed by atoms with E-state index in [-0.39, 0.29) is 11.5 Å². The summed E-state index contributed by atoms with van der Waals surface area (Å²) in [5, 5.41) is 11.7. The SMILES string of the molecule is Cc1ccc(C(=O)Nc2cc(C(=O)O)ccc2C)cc1. The normalized spacial score (nSPS) is 10.1. The highest BCUT2D eigenvalue weighted by molar-refractivity contribution is 6.05. The van der Waals surface area contributed by atoms with Gasteiger partial charge in [0.1, 0.15) is 0 Å². The number of benzene rings is 2. The molecule has 0 radical (unpaired) electrons. The molecule has 102 valence electrons. The quantitative estimate of drug-likeness (QED) is 0.898. The fourth-order valence-electron chi connectivity index (χ4n) is 1.79. The van der Waals surface area contributed by atoms with E-state index in [9.17, 15) is 9.59 Å². The monoisotopic (exact) mass is 269 g/mol. The minimum absolute atomic E-state index is 0.148. The molecule has 2 aromatic carbocycles. The number of aromatic carboxylic acids is 1. The van der Waals surface area contributed by atoms with Gasteiger partial charge >= 0.3 is 5.97 Å². The van der Waals surface area contributed by atoms with Crippen molar-refractivity contribution in [3.63, 3.8) is 0 Å². The lowest BCUT2D eigenvalue weighted by Gasteiger charge is -2.09. The Kier molecular flexibility index (Phi) is 3.84. The molecule has 0 aliphatic heterocycles. The minimum Gasteiger partial charge on any atom is -0.478 e. The first-order chi connectivity index (χ1) is 9.47. The highest BCUT2D eigenvalue weighted by Gasteiger charge is 2.10. The van der Waals surface area contributed by atoms with E-state index in [1.54, 1.807) is 18.2 Å². The molecule has 4 nitrogen and oxygen atoms in total. The van der Waals surface area contributed by atoms with Gasteiger partial charge in [0.05, 0.1) is 5.56 Å². The van der Waals surface area contributed by atoms with Gasteiger partial charge in [0.25, 0.3) is 5.91 Å². The molecule has 0 unspecified atom stereocenters. The van der Waals surface area contributed by atoms with Crippen LogP contribution in [0.4, 0.5) is 5.69 Å². The van der Waals surface area contributed by atoms with Crippen LogP contribution in [-0.4, -0.2) is 17.0 Å². The van der Waals surface area contributed by atoms with Gasteiger partial charge in [-0.2, -0.15) is 0 Å². The fraction of sp³-hybridized carbons (Fsp3) is 0.125. The summed E-state index contributed by atoms with van der Waals surface area (Å²) < 4.78 is 0. The molecule has 0 aliphatic carbocycles. The zero-order valence-corrected chi connectivity index (χ0v) is 11.3. The van der Waals surface area contributed by atoms with Gasteiger partial charge in [-0.25, -0.2) is 4.79 Å². The van der Waals surface area contributed by atoms with Crippen molar-refractivity contribution < 1.29 is 14.7 Å². The van der Waals surface area contributed by atoms with E-state index in [2.05, 4.69) is 5.32 Å². The summed E-state index contributed by atoms with van der Waals surface area (Å²) in [6, 6.07) is 11.8. The molecule has 4 heteroatoms. The van der Waals surface area contributed by atoms with Crippen molar-refractivity contribution in [2.45, 2.75) is 13.8 Å². The lowest BCUT2D eigenvalue weighted by Crippen LogP contribution is -2.13. The third kappa shape index (κ3) is 3.03. The maximum Gasteiger partial charge on any atom is 0.335 e. The third-order valence-electron chi connectivity index (χ3n) is 3.05. The average Bonchev–Trinajstić information content (AvgIpc) is 2.41. The van der Waals surface area contributed by atoms with Gasteiger partial charge in [0, 0.05) is 11.3 Å². The predicted molar refractivity (Wildman–Crippen MR) is 77.3 cm³/mol. The summed E-state index contributed by atoms with van der Waals surface area (Å²) in [6.45, 7) is 3.76. The number of carboxylic acid groups (broad SMARTS) is 1. The van der Waals surface area contributed by atoms with E-state index < -0.39 is 5.97 Å². The van der Waals surface area contributed by atoms with E-state index >= 15 is 0 Å². The molecule has 1 amide bonds. The smallest absolute Gasteiger partial charge is 0.335 e. The number of amides is 1. The molecule has 2 rings (SSSR count). The molecule has 0 fully saturated rings. The zero-order valence-electron chi connectivity index (χ0n) is 11.3.